The van der Waals surface area contributed by atoms with Crippen molar-refractivity contribution in [1.29, 1.82) is 0 Å². The zero-order chi connectivity index (χ0) is 13.2. The van der Waals surface area contributed by atoms with Crippen LogP contribution in [0.25, 0.3) is 0 Å². The summed E-state index contributed by atoms with van der Waals surface area (Å²) in [4.78, 5) is 0. The standard InChI is InChI=1S/C15H25NO2/c1-13(16-11-5-4-6-12-17-2)14-7-9-15(18-3)10-8-14/h7-10,13,16H,4-6,11-12H2,1-3H3. The van der Waals surface area contributed by atoms with Gasteiger partial charge in [0.05, 0.1) is 7.11 Å². The largest absolute Gasteiger partial charge is 0.497 e. The fraction of sp³-hybridized carbons (Fsp3) is 0.600. The molecule has 1 aromatic carbocycles. The molecule has 0 saturated heterocycles. The Morgan fingerprint density at radius 2 is 1.78 bits per heavy atom. The zero-order valence-corrected chi connectivity index (χ0v) is 11.7. The van der Waals surface area contributed by atoms with Crippen LogP contribution in [0.4, 0.5) is 0 Å². The molecule has 1 rings (SSSR count). The van der Waals surface area contributed by atoms with Crippen molar-refractivity contribution < 1.29 is 9.47 Å². The fourth-order valence-electron chi connectivity index (χ4n) is 1.88. The predicted molar refractivity (Wildman–Crippen MR) is 75.1 cm³/mol. The van der Waals surface area contributed by atoms with Crippen LogP contribution >= 0.6 is 0 Å². The molecule has 1 N–H and O–H groups in total. The molecule has 3 nitrogen and oxygen atoms in total. The van der Waals surface area contributed by atoms with Gasteiger partial charge in [0.2, 0.25) is 0 Å². The first-order valence-corrected chi connectivity index (χ1v) is 6.64. The molecule has 0 aliphatic rings. The minimum Gasteiger partial charge on any atom is -0.497 e. The third-order valence-corrected chi connectivity index (χ3v) is 3.09. The molecular weight excluding hydrogens is 226 g/mol. The van der Waals surface area contributed by atoms with Crippen molar-refractivity contribution in [3.63, 3.8) is 0 Å². The second-order valence-corrected chi connectivity index (χ2v) is 4.50. The number of hydrogen-bond donors (Lipinski definition) is 1. The second kappa shape index (κ2) is 8.95. The number of methoxy groups -OCH3 is 2. The summed E-state index contributed by atoms with van der Waals surface area (Å²) < 4.78 is 10.2. The van der Waals surface area contributed by atoms with Crippen LogP contribution in [0.15, 0.2) is 24.3 Å². The van der Waals surface area contributed by atoms with Gasteiger partial charge in [-0.05, 0) is 50.4 Å². The van der Waals surface area contributed by atoms with Crippen molar-refractivity contribution in [1.82, 2.24) is 5.32 Å². The summed E-state index contributed by atoms with van der Waals surface area (Å²) >= 11 is 0. The summed E-state index contributed by atoms with van der Waals surface area (Å²) in [5.41, 5.74) is 1.30. The molecule has 0 aromatic heterocycles. The maximum atomic E-state index is 5.15. The molecule has 0 aliphatic heterocycles. The summed E-state index contributed by atoms with van der Waals surface area (Å²) in [5.74, 6) is 0.908. The van der Waals surface area contributed by atoms with Crippen LogP contribution in [0.1, 0.15) is 37.8 Å². The van der Waals surface area contributed by atoms with E-state index in [1.807, 2.05) is 12.1 Å². The lowest BCUT2D eigenvalue weighted by molar-refractivity contribution is 0.192. The molecule has 0 heterocycles. The molecule has 0 spiro atoms. The van der Waals surface area contributed by atoms with Crippen molar-refractivity contribution in [2.24, 2.45) is 0 Å². The van der Waals surface area contributed by atoms with Gasteiger partial charge in [-0.15, -0.1) is 0 Å². The molecule has 1 atom stereocenters. The number of benzene rings is 1. The smallest absolute Gasteiger partial charge is 0.118 e. The Labute approximate surface area is 110 Å². The Morgan fingerprint density at radius 3 is 2.39 bits per heavy atom. The van der Waals surface area contributed by atoms with Crippen molar-refractivity contribution in [2.75, 3.05) is 27.4 Å². The van der Waals surface area contributed by atoms with Gasteiger partial charge in [-0.25, -0.2) is 0 Å². The van der Waals surface area contributed by atoms with Crippen molar-refractivity contribution in [2.45, 2.75) is 32.2 Å². The van der Waals surface area contributed by atoms with Gasteiger partial charge in [0.25, 0.3) is 0 Å². The van der Waals surface area contributed by atoms with E-state index in [4.69, 9.17) is 9.47 Å². The van der Waals surface area contributed by atoms with Crippen molar-refractivity contribution in [3.8, 4) is 5.75 Å². The van der Waals surface area contributed by atoms with Gasteiger partial charge in [0.1, 0.15) is 5.75 Å². The lowest BCUT2D eigenvalue weighted by atomic mass is 10.1. The van der Waals surface area contributed by atoms with E-state index in [9.17, 15) is 0 Å². The van der Waals surface area contributed by atoms with Crippen LogP contribution < -0.4 is 10.1 Å². The molecule has 0 aliphatic carbocycles. The highest BCUT2D eigenvalue weighted by atomic mass is 16.5. The normalized spacial score (nSPS) is 12.4. The van der Waals surface area contributed by atoms with Gasteiger partial charge in [-0.3, -0.25) is 0 Å². The monoisotopic (exact) mass is 251 g/mol. The Morgan fingerprint density at radius 1 is 1.06 bits per heavy atom. The molecule has 18 heavy (non-hydrogen) atoms. The summed E-state index contributed by atoms with van der Waals surface area (Å²) in [6, 6.07) is 8.62. The molecular formula is C15H25NO2. The van der Waals surface area contributed by atoms with Gasteiger partial charge >= 0.3 is 0 Å². The van der Waals surface area contributed by atoms with E-state index >= 15 is 0 Å². The lowest BCUT2D eigenvalue weighted by Gasteiger charge is -2.14. The van der Waals surface area contributed by atoms with E-state index < -0.39 is 0 Å². The topological polar surface area (TPSA) is 30.5 Å². The Kier molecular flexibility index (Phi) is 7.46. The molecule has 0 radical (unpaired) electrons. The molecule has 1 unspecified atom stereocenters. The molecule has 0 amide bonds. The number of nitrogens with one attached hydrogen (secondary N) is 1. The number of unbranched alkanes of at least 4 members (excludes halogenated alkanes) is 2. The van der Waals surface area contributed by atoms with Crippen LogP contribution in [0.5, 0.6) is 5.75 Å². The van der Waals surface area contributed by atoms with Crippen LogP contribution in [-0.4, -0.2) is 27.4 Å². The predicted octanol–water partition coefficient (Wildman–Crippen LogP) is 3.16. The van der Waals surface area contributed by atoms with E-state index in [1.54, 1.807) is 14.2 Å². The van der Waals surface area contributed by atoms with Gasteiger partial charge in [-0.2, -0.15) is 0 Å². The minimum absolute atomic E-state index is 0.387. The fourth-order valence-corrected chi connectivity index (χ4v) is 1.88. The second-order valence-electron chi connectivity index (χ2n) is 4.50. The minimum atomic E-state index is 0.387. The molecule has 0 fully saturated rings. The van der Waals surface area contributed by atoms with Crippen LogP contribution in [0.3, 0.4) is 0 Å². The summed E-state index contributed by atoms with van der Waals surface area (Å²) in [7, 11) is 3.45. The molecule has 102 valence electrons. The van der Waals surface area contributed by atoms with Gasteiger partial charge in [0, 0.05) is 19.8 Å². The highest BCUT2D eigenvalue weighted by Crippen LogP contribution is 2.17. The summed E-state index contributed by atoms with van der Waals surface area (Å²) in [6.07, 6.45) is 3.56. The maximum Gasteiger partial charge on any atom is 0.118 e. The number of rotatable bonds is 9. The van der Waals surface area contributed by atoms with E-state index in [1.165, 1.54) is 18.4 Å². The maximum absolute atomic E-state index is 5.15. The summed E-state index contributed by atoms with van der Waals surface area (Å²) in [5, 5.41) is 3.53. The Hall–Kier alpha value is -1.06. The van der Waals surface area contributed by atoms with Crippen LogP contribution in [-0.2, 0) is 4.74 Å². The summed E-state index contributed by atoms with van der Waals surface area (Å²) in [6.45, 7) is 4.11. The molecule has 0 bridgehead atoms. The van der Waals surface area contributed by atoms with E-state index in [0.717, 1.165) is 25.3 Å². The third kappa shape index (κ3) is 5.52. The quantitative estimate of drug-likeness (QED) is 0.684. The average Bonchev–Trinajstić information content (AvgIpc) is 2.42. The lowest BCUT2D eigenvalue weighted by Crippen LogP contribution is -2.19. The highest BCUT2D eigenvalue weighted by Gasteiger charge is 2.04. The molecule has 3 heteroatoms. The van der Waals surface area contributed by atoms with Crippen molar-refractivity contribution >= 4 is 0 Å². The molecule has 0 saturated carbocycles. The number of hydrogen-bond acceptors (Lipinski definition) is 3. The Bertz CT molecular complexity index is 311. The van der Waals surface area contributed by atoms with E-state index in [0.29, 0.717) is 6.04 Å². The highest BCUT2D eigenvalue weighted by molar-refractivity contribution is 5.28. The first-order chi connectivity index (χ1) is 8.77. The van der Waals surface area contributed by atoms with Gasteiger partial charge in [0.15, 0.2) is 0 Å². The van der Waals surface area contributed by atoms with Gasteiger partial charge < -0.3 is 14.8 Å². The zero-order valence-electron chi connectivity index (χ0n) is 11.7. The molecule has 1 aromatic rings. The first kappa shape index (κ1) is 15.0. The van der Waals surface area contributed by atoms with Crippen molar-refractivity contribution in [3.05, 3.63) is 29.8 Å². The Balaban J connectivity index is 2.21. The van der Waals surface area contributed by atoms with Crippen LogP contribution in [0, 0.1) is 0 Å². The first-order valence-electron chi connectivity index (χ1n) is 6.64. The van der Waals surface area contributed by atoms with E-state index in [2.05, 4.69) is 24.4 Å². The number of ether oxygens (including phenoxy) is 2. The van der Waals surface area contributed by atoms with Gasteiger partial charge in [-0.1, -0.05) is 12.1 Å². The average molecular weight is 251 g/mol. The third-order valence-electron chi connectivity index (χ3n) is 3.09. The van der Waals surface area contributed by atoms with Crippen LogP contribution in [0.2, 0.25) is 0 Å². The SMILES string of the molecule is COCCCCCNC(C)c1ccc(OC)cc1. The van der Waals surface area contributed by atoms with E-state index in [-0.39, 0.29) is 0 Å².